The fraction of sp³-hybridized carbons (Fsp3) is 0.360. The van der Waals surface area contributed by atoms with Crippen LogP contribution < -0.4 is 4.80 Å². The number of sulfonamides is 1. The van der Waals surface area contributed by atoms with Crippen molar-refractivity contribution < 1.29 is 13.2 Å². The van der Waals surface area contributed by atoms with E-state index in [0.717, 1.165) is 34.2 Å². The third-order valence-electron chi connectivity index (χ3n) is 5.92. The molecule has 33 heavy (non-hydrogen) atoms. The number of amides is 1. The van der Waals surface area contributed by atoms with Crippen LogP contribution >= 0.6 is 11.3 Å². The van der Waals surface area contributed by atoms with Crippen molar-refractivity contribution in [3.63, 3.8) is 0 Å². The Kier molecular flexibility index (Phi) is 6.57. The van der Waals surface area contributed by atoms with Gasteiger partial charge >= 0.3 is 0 Å². The molecule has 0 aliphatic carbocycles. The molecule has 1 aromatic heterocycles. The molecular weight excluding hydrogens is 454 g/mol. The zero-order valence-electron chi connectivity index (χ0n) is 19.0. The maximum Gasteiger partial charge on any atom is 0.279 e. The standard InChI is InChI=1S/C25H27N3O3S2/c1-5-12-28-23-19(4)14-18(3)15-22(23)32-25(28)26-24(29)20-8-10-21(11-9-20)33(30,31)27-13-6-7-17(2)16-27/h1,8-11,14-15,17H,6-7,12-13,16H2,2-4H3. The van der Waals surface area contributed by atoms with Crippen LogP contribution in [0.15, 0.2) is 46.3 Å². The Hall–Kier alpha value is -2.73. The molecule has 0 saturated carbocycles. The van der Waals surface area contributed by atoms with Gasteiger partial charge in [0.15, 0.2) is 4.80 Å². The first-order chi connectivity index (χ1) is 15.7. The Labute approximate surface area is 198 Å². The topological polar surface area (TPSA) is 71.7 Å². The van der Waals surface area contributed by atoms with E-state index in [1.807, 2.05) is 18.4 Å². The Balaban J connectivity index is 1.67. The molecule has 1 aliphatic heterocycles. The van der Waals surface area contributed by atoms with E-state index in [1.54, 1.807) is 0 Å². The molecular formula is C25H27N3O3S2. The van der Waals surface area contributed by atoms with E-state index in [9.17, 15) is 13.2 Å². The highest BCUT2D eigenvalue weighted by molar-refractivity contribution is 7.89. The van der Waals surface area contributed by atoms with Crippen molar-refractivity contribution in [2.24, 2.45) is 10.9 Å². The van der Waals surface area contributed by atoms with Crippen LogP contribution in [0.5, 0.6) is 0 Å². The maximum absolute atomic E-state index is 13.0. The first-order valence-electron chi connectivity index (χ1n) is 10.9. The Morgan fingerprint density at radius 2 is 1.97 bits per heavy atom. The molecule has 172 valence electrons. The second kappa shape index (κ2) is 9.26. The zero-order chi connectivity index (χ0) is 23.8. The van der Waals surface area contributed by atoms with Crippen molar-refractivity contribution in [2.75, 3.05) is 13.1 Å². The number of aromatic nitrogens is 1. The average Bonchev–Trinajstić information content (AvgIpc) is 3.11. The number of terminal acetylenes is 1. The number of hydrogen-bond acceptors (Lipinski definition) is 4. The third-order valence-corrected chi connectivity index (χ3v) is 8.82. The average molecular weight is 482 g/mol. The number of aryl methyl sites for hydroxylation is 2. The molecule has 1 saturated heterocycles. The summed E-state index contributed by atoms with van der Waals surface area (Å²) in [4.78, 5) is 18.0. The van der Waals surface area contributed by atoms with Gasteiger partial charge in [0.1, 0.15) is 0 Å². The summed E-state index contributed by atoms with van der Waals surface area (Å²) in [7, 11) is -3.57. The SMILES string of the molecule is C#CCn1c(=NC(=O)c2ccc(S(=O)(=O)N3CCCC(C)C3)cc2)sc2cc(C)cc(C)c21. The smallest absolute Gasteiger partial charge is 0.279 e. The van der Waals surface area contributed by atoms with E-state index < -0.39 is 15.9 Å². The summed E-state index contributed by atoms with van der Waals surface area (Å²) < 4.78 is 30.4. The normalized spacial score (nSPS) is 17.9. The molecule has 0 N–H and O–H groups in total. The van der Waals surface area contributed by atoms with Crippen LogP contribution in [-0.4, -0.2) is 36.3 Å². The summed E-state index contributed by atoms with van der Waals surface area (Å²) in [5.41, 5.74) is 3.52. The Morgan fingerprint density at radius 1 is 1.24 bits per heavy atom. The minimum atomic E-state index is -3.57. The lowest BCUT2D eigenvalue weighted by Gasteiger charge is -2.30. The van der Waals surface area contributed by atoms with Crippen LogP contribution in [0.25, 0.3) is 10.2 Å². The monoisotopic (exact) mass is 481 g/mol. The number of carbonyl (C=O) groups excluding carboxylic acids is 1. The summed E-state index contributed by atoms with van der Waals surface area (Å²) in [5.74, 6) is 2.55. The largest absolute Gasteiger partial charge is 0.304 e. The number of thiazole rings is 1. The van der Waals surface area contributed by atoms with Crippen LogP contribution in [0.4, 0.5) is 0 Å². The molecule has 1 fully saturated rings. The van der Waals surface area contributed by atoms with E-state index in [2.05, 4.69) is 30.0 Å². The van der Waals surface area contributed by atoms with E-state index in [1.165, 1.54) is 39.9 Å². The van der Waals surface area contributed by atoms with Gasteiger partial charge in [0.2, 0.25) is 10.0 Å². The fourth-order valence-corrected chi connectivity index (χ4v) is 7.15. The third kappa shape index (κ3) is 4.67. The van der Waals surface area contributed by atoms with Crippen molar-refractivity contribution in [3.05, 3.63) is 57.9 Å². The second-order valence-electron chi connectivity index (χ2n) is 8.66. The Bertz CT molecular complexity index is 1420. The number of piperidine rings is 1. The molecule has 0 radical (unpaired) electrons. The van der Waals surface area contributed by atoms with Crippen LogP contribution in [0.1, 0.15) is 41.3 Å². The summed E-state index contributed by atoms with van der Waals surface area (Å²) in [6, 6.07) is 10.2. The van der Waals surface area contributed by atoms with Crippen molar-refractivity contribution in [1.82, 2.24) is 8.87 Å². The van der Waals surface area contributed by atoms with Crippen molar-refractivity contribution in [2.45, 2.75) is 45.1 Å². The fourth-order valence-electron chi connectivity index (χ4n) is 4.35. The molecule has 1 aliphatic rings. The lowest BCUT2D eigenvalue weighted by molar-refractivity contribution is 0.0998. The molecule has 6 nitrogen and oxygen atoms in total. The second-order valence-corrected chi connectivity index (χ2v) is 11.6. The van der Waals surface area contributed by atoms with Gasteiger partial charge < -0.3 is 4.57 Å². The minimum Gasteiger partial charge on any atom is -0.304 e. The van der Waals surface area contributed by atoms with Gasteiger partial charge in [-0.1, -0.05) is 30.2 Å². The zero-order valence-corrected chi connectivity index (χ0v) is 20.7. The maximum atomic E-state index is 13.0. The highest BCUT2D eigenvalue weighted by atomic mass is 32.2. The van der Waals surface area contributed by atoms with Gasteiger partial charge in [-0.25, -0.2) is 8.42 Å². The number of benzene rings is 2. The van der Waals surface area contributed by atoms with Gasteiger partial charge in [0.05, 0.1) is 21.7 Å². The number of rotatable bonds is 4. The predicted octanol–water partition coefficient (Wildman–Crippen LogP) is 4.11. The Morgan fingerprint density at radius 3 is 2.64 bits per heavy atom. The highest BCUT2D eigenvalue weighted by Gasteiger charge is 2.28. The molecule has 1 amide bonds. The van der Waals surface area contributed by atoms with Crippen molar-refractivity contribution in [1.29, 1.82) is 0 Å². The number of hydrogen-bond donors (Lipinski definition) is 0. The lowest BCUT2D eigenvalue weighted by atomic mass is 10.0. The molecule has 1 atom stereocenters. The molecule has 0 spiro atoms. The summed E-state index contributed by atoms with van der Waals surface area (Å²) >= 11 is 1.42. The minimum absolute atomic E-state index is 0.198. The number of carbonyl (C=O) groups is 1. The van der Waals surface area contributed by atoms with Gasteiger partial charge in [-0.15, -0.1) is 6.42 Å². The van der Waals surface area contributed by atoms with Crippen LogP contribution in [0.2, 0.25) is 0 Å². The van der Waals surface area contributed by atoms with Gasteiger partial charge in [-0.3, -0.25) is 4.79 Å². The van der Waals surface area contributed by atoms with Gasteiger partial charge in [0, 0.05) is 18.7 Å². The highest BCUT2D eigenvalue weighted by Crippen LogP contribution is 2.25. The summed E-state index contributed by atoms with van der Waals surface area (Å²) in [5, 5.41) is 0. The molecule has 4 rings (SSSR count). The van der Waals surface area contributed by atoms with Crippen LogP contribution in [0.3, 0.4) is 0 Å². The quantitative estimate of drug-likeness (QED) is 0.527. The van der Waals surface area contributed by atoms with Gasteiger partial charge in [-0.2, -0.15) is 9.30 Å². The molecule has 2 heterocycles. The predicted molar refractivity (Wildman–Crippen MR) is 132 cm³/mol. The van der Waals surface area contributed by atoms with E-state index in [4.69, 9.17) is 6.42 Å². The van der Waals surface area contributed by atoms with Crippen LogP contribution in [0, 0.1) is 32.1 Å². The first kappa shape index (κ1) is 23.4. The van der Waals surface area contributed by atoms with E-state index >= 15 is 0 Å². The van der Waals surface area contributed by atoms with Gasteiger partial charge in [0.25, 0.3) is 5.91 Å². The first-order valence-corrected chi connectivity index (χ1v) is 13.2. The number of fused-ring (bicyclic) bond motifs is 1. The molecule has 0 bridgehead atoms. The summed E-state index contributed by atoms with van der Waals surface area (Å²) in [6.07, 6.45) is 7.48. The lowest BCUT2D eigenvalue weighted by Crippen LogP contribution is -2.39. The van der Waals surface area contributed by atoms with E-state index in [0.29, 0.717) is 35.9 Å². The molecule has 2 aromatic carbocycles. The molecule has 1 unspecified atom stereocenters. The molecule has 8 heteroatoms. The number of nitrogens with zero attached hydrogens (tertiary/aromatic N) is 3. The van der Waals surface area contributed by atoms with Gasteiger partial charge in [-0.05, 0) is 74.1 Å². The van der Waals surface area contributed by atoms with Crippen molar-refractivity contribution >= 4 is 37.5 Å². The summed E-state index contributed by atoms with van der Waals surface area (Å²) in [6.45, 7) is 7.47. The molecule has 3 aromatic rings. The van der Waals surface area contributed by atoms with Crippen molar-refractivity contribution in [3.8, 4) is 12.3 Å². The van der Waals surface area contributed by atoms with E-state index in [-0.39, 0.29) is 4.90 Å². The van der Waals surface area contributed by atoms with Crippen LogP contribution in [-0.2, 0) is 16.6 Å².